The maximum atomic E-state index is 9.76. The lowest BCUT2D eigenvalue weighted by atomic mass is 10.1. The number of benzene rings is 1. The third-order valence-electron chi connectivity index (χ3n) is 3.68. The molecule has 1 unspecified atom stereocenters. The van der Waals surface area contributed by atoms with Crippen molar-refractivity contribution in [2.45, 2.75) is 32.4 Å². The Morgan fingerprint density at radius 2 is 1.95 bits per heavy atom. The minimum absolute atomic E-state index is 0.0462. The quantitative estimate of drug-likeness (QED) is 0.849. The molecule has 1 heterocycles. The van der Waals surface area contributed by atoms with Crippen LogP contribution in [0.2, 0.25) is 0 Å². The van der Waals surface area contributed by atoms with Gasteiger partial charge in [-0.15, -0.1) is 11.3 Å². The molecule has 2 aromatic rings. The first-order valence-corrected chi connectivity index (χ1v) is 8.32. The second-order valence-electron chi connectivity index (χ2n) is 5.72. The highest BCUT2D eigenvalue weighted by Gasteiger charge is 2.18. The number of hydrogen-bond acceptors (Lipinski definition) is 5. The number of aromatic nitrogens is 1. The molecule has 0 spiro atoms. The van der Waals surface area contributed by atoms with Gasteiger partial charge in [0.15, 0.2) is 0 Å². The van der Waals surface area contributed by atoms with Crippen molar-refractivity contribution >= 4 is 11.3 Å². The fourth-order valence-corrected chi connectivity index (χ4v) is 3.18. The number of aliphatic hydroxyl groups excluding tert-OH is 1. The van der Waals surface area contributed by atoms with Crippen LogP contribution in [0.15, 0.2) is 29.6 Å². The molecule has 0 radical (unpaired) electrons. The maximum Gasteiger partial charge on any atom is 0.118 e. The number of methoxy groups -OCH3 is 1. The molecule has 5 heteroatoms. The minimum Gasteiger partial charge on any atom is -0.497 e. The number of rotatable bonds is 7. The van der Waals surface area contributed by atoms with E-state index in [4.69, 9.17) is 4.74 Å². The highest BCUT2D eigenvalue weighted by atomic mass is 32.1. The van der Waals surface area contributed by atoms with Gasteiger partial charge in [0.05, 0.1) is 30.5 Å². The van der Waals surface area contributed by atoms with E-state index in [-0.39, 0.29) is 12.6 Å². The predicted octanol–water partition coefficient (Wildman–Crippen LogP) is 3.44. The van der Waals surface area contributed by atoms with Gasteiger partial charge in [0.25, 0.3) is 0 Å². The zero-order valence-electron chi connectivity index (χ0n) is 13.6. The Balaban J connectivity index is 2.08. The van der Waals surface area contributed by atoms with E-state index in [1.54, 1.807) is 18.4 Å². The number of ether oxygens (including phenoxy) is 1. The molecular formula is C17H24N2O2S. The summed E-state index contributed by atoms with van der Waals surface area (Å²) in [4.78, 5) is 6.79. The number of aliphatic hydroxyl groups is 1. The van der Waals surface area contributed by atoms with Gasteiger partial charge in [0.2, 0.25) is 0 Å². The summed E-state index contributed by atoms with van der Waals surface area (Å²) in [6.07, 6.45) is 0. The number of nitrogens with zero attached hydrogens (tertiary/aromatic N) is 2. The Kier molecular flexibility index (Phi) is 5.94. The van der Waals surface area contributed by atoms with E-state index in [0.717, 1.165) is 28.6 Å². The van der Waals surface area contributed by atoms with Crippen LogP contribution in [0.3, 0.4) is 0 Å². The van der Waals surface area contributed by atoms with Gasteiger partial charge in [-0.3, -0.25) is 4.90 Å². The summed E-state index contributed by atoms with van der Waals surface area (Å²) in [5, 5.41) is 13.0. The Morgan fingerprint density at radius 3 is 2.45 bits per heavy atom. The van der Waals surface area contributed by atoms with Crippen molar-refractivity contribution in [3.05, 3.63) is 45.9 Å². The molecule has 120 valence electrons. The molecule has 22 heavy (non-hydrogen) atoms. The average molecular weight is 320 g/mol. The van der Waals surface area contributed by atoms with Crippen LogP contribution >= 0.6 is 11.3 Å². The molecule has 0 amide bonds. The molecule has 0 saturated carbocycles. The van der Waals surface area contributed by atoms with Crippen molar-refractivity contribution < 1.29 is 9.84 Å². The van der Waals surface area contributed by atoms with E-state index in [0.29, 0.717) is 5.92 Å². The second kappa shape index (κ2) is 7.72. The Labute approximate surface area is 136 Å². The van der Waals surface area contributed by atoms with Crippen LogP contribution in [0.1, 0.15) is 42.1 Å². The molecule has 0 aliphatic carbocycles. The third-order valence-corrected chi connectivity index (χ3v) is 4.87. The van der Waals surface area contributed by atoms with Crippen LogP contribution in [-0.4, -0.2) is 35.8 Å². The van der Waals surface area contributed by atoms with Crippen molar-refractivity contribution in [2.24, 2.45) is 0 Å². The van der Waals surface area contributed by atoms with E-state index >= 15 is 0 Å². The number of likely N-dealkylation sites (N-methyl/N-ethyl adjacent to an activating group) is 1. The fraction of sp³-hybridized carbons (Fsp3) is 0.471. The molecule has 1 atom stereocenters. The van der Waals surface area contributed by atoms with Crippen molar-refractivity contribution in [1.82, 2.24) is 9.88 Å². The molecule has 4 nitrogen and oxygen atoms in total. The van der Waals surface area contributed by atoms with E-state index < -0.39 is 0 Å². The van der Waals surface area contributed by atoms with Gasteiger partial charge in [-0.1, -0.05) is 26.0 Å². The molecule has 0 bridgehead atoms. The lowest BCUT2D eigenvalue weighted by molar-refractivity contribution is 0.141. The van der Waals surface area contributed by atoms with Crippen molar-refractivity contribution in [2.75, 3.05) is 20.8 Å². The van der Waals surface area contributed by atoms with E-state index in [2.05, 4.69) is 29.1 Å². The van der Waals surface area contributed by atoms with Crippen LogP contribution in [0.5, 0.6) is 5.75 Å². The van der Waals surface area contributed by atoms with Crippen LogP contribution in [0, 0.1) is 0 Å². The smallest absolute Gasteiger partial charge is 0.118 e. The highest BCUT2D eigenvalue weighted by molar-refractivity contribution is 7.09. The van der Waals surface area contributed by atoms with Crippen LogP contribution < -0.4 is 4.74 Å². The van der Waals surface area contributed by atoms with Gasteiger partial charge >= 0.3 is 0 Å². The first-order chi connectivity index (χ1) is 10.5. The molecule has 1 aromatic carbocycles. The normalized spacial score (nSPS) is 12.9. The highest BCUT2D eigenvalue weighted by Crippen LogP contribution is 2.25. The Hall–Kier alpha value is -1.43. The van der Waals surface area contributed by atoms with Crippen molar-refractivity contribution in [3.8, 4) is 5.75 Å². The summed E-state index contributed by atoms with van der Waals surface area (Å²) in [5.41, 5.74) is 2.13. The largest absolute Gasteiger partial charge is 0.497 e. The molecule has 0 aliphatic heterocycles. The summed E-state index contributed by atoms with van der Waals surface area (Å²) in [6, 6.07) is 7.79. The summed E-state index contributed by atoms with van der Waals surface area (Å²) in [5.74, 6) is 1.28. The van der Waals surface area contributed by atoms with Gasteiger partial charge in [0.1, 0.15) is 5.75 Å². The van der Waals surface area contributed by atoms with Crippen molar-refractivity contribution in [1.29, 1.82) is 0 Å². The van der Waals surface area contributed by atoms with Gasteiger partial charge in [0, 0.05) is 17.8 Å². The zero-order chi connectivity index (χ0) is 16.1. The fourth-order valence-electron chi connectivity index (χ4n) is 2.35. The van der Waals surface area contributed by atoms with Crippen LogP contribution in [0.4, 0.5) is 0 Å². The van der Waals surface area contributed by atoms with Gasteiger partial charge in [-0.25, -0.2) is 4.98 Å². The van der Waals surface area contributed by atoms with Crippen LogP contribution in [0.25, 0.3) is 0 Å². The molecule has 2 rings (SSSR count). The van der Waals surface area contributed by atoms with Gasteiger partial charge < -0.3 is 9.84 Å². The monoisotopic (exact) mass is 320 g/mol. The first kappa shape index (κ1) is 16.9. The third kappa shape index (κ3) is 4.06. The first-order valence-electron chi connectivity index (χ1n) is 7.44. The Bertz CT molecular complexity index is 581. The summed E-state index contributed by atoms with van der Waals surface area (Å²) >= 11 is 1.70. The van der Waals surface area contributed by atoms with Crippen molar-refractivity contribution in [3.63, 3.8) is 0 Å². The molecule has 1 N–H and O–H groups in total. The topological polar surface area (TPSA) is 45.6 Å². The predicted molar refractivity (Wildman–Crippen MR) is 90.5 cm³/mol. The average Bonchev–Trinajstić information content (AvgIpc) is 2.97. The lowest BCUT2D eigenvalue weighted by Gasteiger charge is -2.26. The summed E-state index contributed by atoms with van der Waals surface area (Å²) in [7, 11) is 3.67. The summed E-state index contributed by atoms with van der Waals surface area (Å²) < 4.78 is 5.18. The lowest BCUT2D eigenvalue weighted by Crippen LogP contribution is -2.27. The minimum atomic E-state index is -0.0462. The van der Waals surface area contributed by atoms with Gasteiger partial charge in [-0.05, 0) is 24.7 Å². The van der Waals surface area contributed by atoms with E-state index in [1.165, 1.54) is 0 Å². The van der Waals surface area contributed by atoms with E-state index in [9.17, 15) is 5.11 Å². The Morgan fingerprint density at radius 1 is 1.27 bits per heavy atom. The molecular weight excluding hydrogens is 296 g/mol. The standard InChI is InChI=1S/C17H24N2O2S/c1-12(2)17-18-14(11-22-17)9-19(3)16(10-20)13-5-7-15(21-4)8-6-13/h5-8,11-12,16,20H,9-10H2,1-4H3. The molecule has 0 fully saturated rings. The SMILES string of the molecule is COc1ccc(C(CO)N(C)Cc2csc(C(C)C)n2)cc1. The van der Waals surface area contributed by atoms with E-state index in [1.807, 2.05) is 31.3 Å². The summed E-state index contributed by atoms with van der Waals surface area (Å²) in [6.45, 7) is 5.10. The second-order valence-corrected chi connectivity index (χ2v) is 6.61. The zero-order valence-corrected chi connectivity index (χ0v) is 14.4. The molecule has 1 aromatic heterocycles. The number of thiazole rings is 1. The maximum absolute atomic E-state index is 9.76. The van der Waals surface area contributed by atoms with Crippen LogP contribution in [-0.2, 0) is 6.54 Å². The number of hydrogen-bond donors (Lipinski definition) is 1. The molecule has 0 saturated heterocycles. The van der Waals surface area contributed by atoms with Gasteiger partial charge in [-0.2, -0.15) is 0 Å². The molecule has 0 aliphatic rings.